The molecule has 0 heterocycles. The summed E-state index contributed by atoms with van der Waals surface area (Å²) >= 11 is 0. The number of carbonyl (C=O) groups is 3. The molecule has 2 amide bonds. The van der Waals surface area contributed by atoms with E-state index < -0.39 is 23.7 Å². The van der Waals surface area contributed by atoms with Gasteiger partial charge in [-0.15, -0.1) is 0 Å². The Morgan fingerprint density at radius 3 is 2.04 bits per heavy atom. The Bertz CT molecular complexity index is 617. The van der Waals surface area contributed by atoms with Crippen LogP contribution in [0.2, 0.25) is 0 Å². The molecule has 0 aromatic heterocycles. The van der Waals surface area contributed by atoms with E-state index in [-0.39, 0.29) is 11.8 Å². The molecule has 1 aromatic carbocycles. The van der Waals surface area contributed by atoms with Gasteiger partial charge >= 0.3 is 12.1 Å². The molecule has 0 aliphatic carbocycles. The lowest BCUT2D eigenvalue weighted by Crippen LogP contribution is -2.48. The molecule has 0 aliphatic heterocycles. The number of anilines is 1. The van der Waals surface area contributed by atoms with E-state index in [1.807, 2.05) is 0 Å². The molecule has 0 saturated heterocycles. The average Bonchev–Trinajstić information content (AvgIpc) is 2.44. The second-order valence-corrected chi connectivity index (χ2v) is 6.99. The molecule has 7 heteroatoms. The van der Waals surface area contributed by atoms with Gasteiger partial charge in [-0.2, -0.15) is 0 Å². The Morgan fingerprint density at radius 2 is 1.60 bits per heavy atom. The highest BCUT2D eigenvalue weighted by Gasteiger charge is 2.28. The third-order valence-electron chi connectivity index (χ3n) is 2.99. The smallest absolute Gasteiger partial charge is 0.408 e. The predicted octanol–water partition coefficient (Wildman–Crippen LogP) is 3.10. The van der Waals surface area contributed by atoms with Crippen molar-refractivity contribution in [1.82, 2.24) is 5.32 Å². The van der Waals surface area contributed by atoms with E-state index in [2.05, 4.69) is 10.6 Å². The van der Waals surface area contributed by atoms with Gasteiger partial charge in [0.05, 0.1) is 0 Å². The van der Waals surface area contributed by atoms with Crippen molar-refractivity contribution in [2.45, 2.75) is 53.2 Å². The minimum atomic E-state index is -0.843. The summed E-state index contributed by atoms with van der Waals surface area (Å²) in [5.41, 5.74) is -0.0608. The molecule has 1 rings (SSSR count). The Kier molecular flexibility index (Phi) is 6.97. The molecule has 0 fully saturated rings. The van der Waals surface area contributed by atoms with Gasteiger partial charge in [-0.1, -0.05) is 13.8 Å². The molecule has 138 valence electrons. The van der Waals surface area contributed by atoms with Gasteiger partial charge < -0.3 is 20.1 Å². The van der Waals surface area contributed by atoms with E-state index in [9.17, 15) is 14.4 Å². The van der Waals surface area contributed by atoms with Crippen molar-refractivity contribution >= 4 is 23.7 Å². The molecule has 1 atom stereocenters. The molecule has 0 unspecified atom stereocenters. The fourth-order valence-electron chi connectivity index (χ4n) is 1.92. The topological polar surface area (TPSA) is 93.7 Å². The fraction of sp³-hybridized carbons (Fsp3) is 0.500. The number of esters is 1. The lowest BCUT2D eigenvalue weighted by Gasteiger charge is -2.24. The summed E-state index contributed by atoms with van der Waals surface area (Å²) in [4.78, 5) is 35.2. The molecular formula is C18H26N2O5. The Labute approximate surface area is 148 Å². The highest BCUT2D eigenvalue weighted by Crippen LogP contribution is 2.17. The van der Waals surface area contributed by atoms with Crippen LogP contribution in [-0.4, -0.2) is 29.6 Å². The third-order valence-corrected chi connectivity index (χ3v) is 2.99. The zero-order chi connectivity index (χ0) is 19.2. The van der Waals surface area contributed by atoms with Crippen LogP contribution in [0.5, 0.6) is 5.75 Å². The SMILES string of the molecule is CC(=O)Nc1ccc(OC(=O)[C@@H](NC(=O)OC(C)(C)C)C(C)C)cc1. The van der Waals surface area contributed by atoms with Crippen molar-refractivity contribution in [1.29, 1.82) is 0 Å². The quantitative estimate of drug-likeness (QED) is 0.629. The van der Waals surface area contributed by atoms with Gasteiger partial charge in [0.1, 0.15) is 17.4 Å². The summed E-state index contributed by atoms with van der Waals surface area (Å²) in [5, 5.41) is 5.16. The highest BCUT2D eigenvalue weighted by atomic mass is 16.6. The fourth-order valence-corrected chi connectivity index (χ4v) is 1.92. The van der Waals surface area contributed by atoms with Crippen LogP contribution in [0.15, 0.2) is 24.3 Å². The number of nitrogens with one attached hydrogen (secondary N) is 2. The Hall–Kier alpha value is -2.57. The van der Waals surface area contributed by atoms with Crippen molar-refractivity contribution in [3.05, 3.63) is 24.3 Å². The molecule has 0 saturated carbocycles. The average molecular weight is 350 g/mol. The number of alkyl carbamates (subject to hydrolysis) is 1. The summed E-state index contributed by atoms with van der Waals surface area (Å²) in [6.45, 7) is 10.2. The minimum Gasteiger partial charge on any atom is -0.444 e. The minimum absolute atomic E-state index is 0.182. The van der Waals surface area contributed by atoms with E-state index in [0.29, 0.717) is 11.4 Å². The van der Waals surface area contributed by atoms with Gasteiger partial charge in [0.2, 0.25) is 5.91 Å². The monoisotopic (exact) mass is 350 g/mol. The lowest BCUT2D eigenvalue weighted by atomic mass is 10.1. The third kappa shape index (κ3) is 7.69. The van der Waals surface area contributed by atoms with Crippen molar-refractivity contribution in [2.75, 3.05) is 5.32 Å². The Balaban J connectivity index is 2.73. The van der Waals surface area contributed by atoms with E-state index >= 15 is 0 Å². The van der Waals surface area contributed by atoms with Gasteiger partial charge in [0.25, 0.3) is 0 Å². The van der Waals surface area contributed by atoms with Crippen molar-refractivity contribution in [3.8, 4) is 5.75 Å². The molecule has 25 heavy (non-hydrogen) atoms. The zero-order valence-electron chi connectivity index (χ0n) is 15.5. The van der Waals surface area contributed by atoms with Crippen LogP contribution in [0, 0.1) is 5.92 Å². The van der Waals surface area contributed by atoms with Crippen LogP contribution in [-0.2, 0) is 14.3 Å². The van der Waals surface area contributed by atoms with Crippen LogP contribution in [0.4, 0.5) is 10.5 Å². The van der Waals surface area contributed by atoms with Crippen LogP contribution in [0.25, 0.3) is 0 Å². The number of hydrogen-bond acceptors (Lipinski definition) is 5. The maximum Gasteiger partial charge on any atom is 0.408 e. The number of rotatable bonds is 5. The summed E-state index contributed by atoms with van der Waals surface area (Å²) in [7, 11) is 0. The van der Waals surface area contributed by atoms with Crippen molar-refractivity contribution in [3.63, 3.8) is 0 Å². The van der Waals surface area contributed by atoms with E-state index in [4.69, 9.17) is 9.47 Å². The summed E-state index contributed by atoms with van der Waals surface area (Å²) in [5.74, 6) is -0.645. The number of amides is 2. The van der Waals surface area contributed by atoms with Gasteiger partial charge in [0.15, 0.2) is 0 Å². The second kappa shape index (κ2) is 8.50. The largest absolute Gasteiger partial charge is 0.444 e. The normalized spacial score (nSPS) is 12.3. The van der Waals surface area contributed by atoms with Gasteiger partial charge in [0, 0.05) is 12.6 Å². The molecule has 0 bridgehead atoms. The number of benzene rings is 1. The van der Waals surface area contributed by atoms with Crippen molar-refractivity contribution < 1.29 is 23.9 Å². The lowest BCUT2D eigenvalue weighted by molar-refractivity contribution is -0.137. The Morgan fingerprint density at radius 1 is 1.04 bits per heavy atom. The molecule has 1 aromatic rings. The van der Waals surface area contributed by atoms with Crippen molar-refractivity contribution in [2.24, 2.45) is 5.92 Å². The van der Waals surface area contributed by atoms with Crippen LogP contribution < -0.4 is 15.4 Å². The van der Waals surface area contributed by atoms with Gasteiger partial charge in [-0.05, 0) is 51.0 Å². The summed E-state index contributed by atoms with van der Waals surface area (Å²) in [6, 6.07) is 5.53. The maximum atomic E-state index is 12.4. The first-order valence-electron chi connectivity index (χ1n) is 8.07. The molecule has 0 spiro atoms. The molecular weight excluding hydrogens is 324 g/mol. The summed E-state index contributed by atoms with van der Waals surface area (Å²) < 4.78 is 10.5. The second-order valence-electron chi connectivity index (χ2n) is 6.99. The first-order chi connectivity index (χ1) is 11.5. The van der Waals surface area contributed by atoms with Gasteiger partial charge in [-0.25, -0.2) is 9.59 Å². The first-order valence-corrected chi connectivity index (χ1v) is 8.07. The molecule has 0 aliphatic rings. The number of carbonyl (C=O) groups excluding carboxylic acids is 3. The highest BCUT2D eigenvalue weighted by molar-refractivity contribution is 5.88. The van der Waals surface area contributed by atoms with E-state index in [0.717, 1.165) is 0 Å². The molecule has 2 N–H and O–H groups in total. The van der Waals surface area contributed by atoms with E-state index in [1.165, 1.54) is 6.92 Å². The van der Waals surface area contributed by atoms with E-state index in [1.54, 1.807) is 58.9 Å². The molecule has 0 radical (unpaired) electrons. The molecule has 7 nitrogen and oxygen atoms in total. The van der Waals surface area contributed by atoms with Crippen LogP contribution in [0.1, 0.15) is 41.5 Å². The predicted molar refractivity (Wildman–Crippen MR) is 94.4 cm³/mol. The first kappa shape index (κ1) is 20.5. The summed E-state index contributed by atoms with van der Waals surface area (Å²) in [6.07, 6.45) is -0.677. The zero-order valence-corrected chi connectivity index (χ0v) is 15.5. The number of ether oxygens (including phenoxy) is 2. The van der Waals surface area contributed by atoms with Crippen LogP contribution >= 0.6 is 0 Å². The standard InChI is InChI=1S/C18H26N2O5/c1-11(2)15(20-17(23)25-18(4,5)6)16(22)24-14-9-7-13(8-10-14)19-12(3)21/h7-11,15H,1-6H3,(H,19,21)(H,20,23)/t15-/m0/s1. The van der Waals surface area contributed by atoms with Gasteiger partial charge in [-0.3, -0.25) is 4.79 Å². The van der Waals surface area contributed by atoms with Crippen LogP contribution in [0.3, 0.4) is 0 Å². The number of hydrogen-bond donors (Lipinski definition) is 2. The maximum absolute atomic E-state index is 12.4.